The van der Waals surface area contributed by atoms with E-state index in [0.29, 0.717) is 36.8 Å². The van der Waals surface area contributed by atoms with Crippen LogP contribution in [0.15, 0.2) is 42.6 Å². The minimum absolute atomic E-state index is 0.196. The van der Waals surface area contributed by atoms with E-state index in [-0.39, 0.29) is 5.91 Å². The Balaban J connectivity index is 1.75. The molecule has 3 N–H and O–H groups in total. The third-order valence-corrected chi connectivity index (χ3v) is 2.96. The number of aromatic nitrogens is 2. The molecule has 1 aromatic carbocycles. The van der Waals surface area contributed by atoms with Gasteiger partial charge in [-0.3, -0.25) is 10.1 Å². The predicted octanol–water partition coefficient (Wildman–Crippen LogP) is 1.89. The fourth-order valence-electron chi connectivity index (χ4n) is 1.85. The zero-order valence-corrected chi connectivity index (χ0v) is 13.3. The maximum atomic E-state index is 12.0. The Morgan fingerprint density at radius 2 is 1.92 bits per heavy atom. The number of carbonyl (C=O) groups excluding carboxylic acids is 2. The molecular formula is C16H19N5O3. The standard InChI is InChI=1S/C16H19N5O3/c1-2-24-16(23)20-13-7-5-12(6-8-13)15(22)18-11-10-17-14-4-3-9-19-21-14/h3-9H,2,10-11H2,1H3,(H,17,21)(H,18,22)(H,20,23). The molecule has 2 amide bonds. The number of nitrogens with zero attached hydrogens (tertiary/aromatic N) is 2. The number of anilines is 2. The molecule has 0 bridgehead atoms. The quantitative estimate of drug-likeness (QED) is 0.670. The number of nitrogens with one attached hydrogen (secondary N) is 3. The van der Waals surface area contributed by atoms with Crippen LogP contribution in [0.5, 0.6) is 0 Å². The van der Waals surface area contributed by atoms with Crippen LogP contribution in [0.2, 0.25) is 0 Å². The zero-order chi connectivity index (χ0) is 17.2. The fourth-order valence-corrected chi connectivity index (χ4v) is 1.85. The second kappa shape index (κ2) is 9.09. The summed E-state index contributed by atoms with van der Waals surface area (Å²) in [5.74, 6) is 0.458. The maximum absolute atomic E-state index is 12.0. The summed E-state index contributed by atoms with van der Waals surface area (Å²) in [6.45, 7) is 3.01. The van der Waals surface area contributed by atoms with Crippen LogP contribution in [0, 0.1) is 0 Å². The van der Waals surface area contributed by atoms with Gasteiger partial charge in [-0.15, -0.1) is 5.10 Å². The fraction of sp³-hybridized carbons (Fsp3) is 0.250. The molecule has 2 aromatic rings. The SMILES string of the molecule is CCOC(=O)Nc1ccc(C(=O)NCCNc2cccnn2)cc1. The number of benzene rings is 1. The van der Waals surface area contributed by atoms with Crippen molar-refractivity contribution in [3.05, 3.63) is 48.2 Å². The lowest BCUT2D eigenvalue weighted by molar-refractivity contribution is 0.0955. The molecular weight excluding hydrogens is 310 g/mol. The average molecular weight is 329 g/mol. The van der Waals surface area contributed by atoms with E-state index < -0.39 is 6.09 Å². The molecule has 1 heterocycles. The lowest BCUT2D eigenvalue weighted by atomic mass is 10.2. The minimum Gasteiger partial charge on any atom is -0.450 e. The zero-order valence-electron chi connectivity index (χ0n) is 13.3. The van der Waals surface area contributed by atoms with Gasteiger partial charge in [-0.1, -0.05) is 0 Å². The highest BCUT2D eigenvalue weighted by atomic mass is 16.5. The average Bonchev–Trinajstić information content (AvgIpc) is 2.60. The molecule has 1 aromatic heterocycles. The molecule has 24 heavy (non-hydrogen) atoms. The molecule has 2 rings (SSSR count). The van der Waals surface area contributed by atoms with Gasteiger partial charge in [0.05, 0.1) is 6.61 Å². The van der Waals surface area contributed by atoms with E-state index in [9.17, 15) is 9.59 Å². The summed E-state index contributed by atoms with van der Waals surface area (Å²) in [6.07, 6.45) is 1.07. The van der Waals surface area contributed by atoms with Crippen LogP contribution in [0.4, 0.5) is 16.3 Å². The van der Waals surface area contributed by atoms with Gasteiger partial charge >= 0.3 is 6.09 Å². The molecule has 8 nitrogen and oxygen atoms in total. The van der Waals surface area contributed by atoms with Crippen LogP contribution in [0.25, 0.3) is 0 Å². The summed E-state index contributed by atoms with van der Waals surface area (Å²) < 4.78 is 4.78. The molecule has 0 unspecified atom stereocenters. The van der Waals surface area contributed by atoms with Crippen molar-refractivity contribution in [3.63, 3.8) is 0 Å². The third-order valence-electron chi connectivity index (χ3n) is 2.96. The second-order valence-electron chi connectivity index (χ2n) is 4.71. The van der Waals surface area contributed by atoms with Gasteiger partial charge in [-0.2, -0.15) is 5.10 Å². The predicted molar refractivity (Wildman–Crippen MR) is 89.9 cm³/mol. The summed E-state index contributed by atoms with van der Waals surface area (Å²) in [4.78, 5) is 23.3. The molecule has 0 fully saturated rings. The highest BCUT2D eigenvalue weighted by molar-refractivity contribution is 5.95. The van der Waals surface area contributed by atoms with Crippen molar-refractivity contribution in [1.82, 2.24) is 15.5 Å². The number of rotatable bonds is 7. The largest absolute Gasteiger partial charge is 0.450 e. The molecule has 0 radical (unpaired) electrons. The van der Waals surface area contributed by atoms with Crippen molar-refractivity contribution in [2.24, 2.45) is 0 Å². The third kappa shape index (κ3) is 5.56. The van der Waals surface area contributed by atoms with Gasteiger partial charge in [0.15, 0.2) is 0 Å². The lowest BCUT2D eigenvalue weighted by Gasteiger charge is -2.08. The first kappa shape index (κ1) is 17.2. The van der Waals surface area contributed by atoms with Crippen molar-refractivity contribution < 1.29 is 14.3 Å². The molecule has 8 heteroatoms. The smallest absolute Gasteiger partial charge is 0.411 e. The molecule has 0 saturated carbocycles. The molecule has 0 aliphatic carbocycles. The number of hydrogen-bond donors (Lipinski definition) is 3. The topological polar surface area (TPSA) is 105 Å². The van der Waals surface area contributed by atoms with E-state index in [1.54, 1.807) is 49.5 Å². The molecule has 0 aliphatic heterocycles. The molecule has 0 spiro atoms. The monoisotopic (exact) mass is 329 g/mol. The van der Waals surface area contributed by atoms with Crippen molar-refractivity contribution in [2.45, 2.75) is 6.92 Å². The van der Waals surface area contributed by atoms with Crippen molar-refractivity contribution in [1.29, 1.82) is 0 Å². The normalized spacial score (nSPS) is 9.88. The molecule has 126 valence electrons. The Hall–Kier alpha value is -3.16. The Kier molecular flexibility index (Phi) is 6.51. The number of hydrogen-bond acceptors (Lipinski definition) is 6. The first-order valence-electron chi connectivity index (χ1n) is 7.52. The van der Waals surface area contributed by atoms with E-state index >= 15 is 0 Å². The highest BCUT2D eigenvalue weighted by Gasteiger charge is 2.06. The second-order valence-corrected chi connectivity index (χ2v) is 4.71. The van der Waals surface area contributed by atoms with Crippen LogP contribution in [0.1, 0.15) is 17.3 Å². The van der Waals surface area contributed by atoms with Crippen molar-refractivity contribution in [3.8, 4) is 0 Å². The summed E-state index contributed by atoms with van der Waals surface area (Å²) in [5, 5.41) is 16.0. The van der Waals surface area contributed by atoms with Gasteiger partial charge in [0.2, 0.25) is 0 Å². The first-order valence-corrected chi connectivity index (χ1v) is 7.52. The summed E-state index contributed by atoms with van der Waals surface area (Å²) in [5.41, 5.74) is 1.07. The van der Waals surface area contributed by atoms with Crippen molar-refractivity contribution in [2.75, 3.05) is 30.3 Å². The van der Waals surface area contributed by atoms with Gasteiger partial charge in [0, 0.05) is 30.5 Å². The summed E-state index contributed by atoms with van der Waals surface area (Å²) in [7, 11) is 0. The Labute approximate surface area is 139 Å². The maximum Gasteiger partial charge on any atom is 0.411 e. The van der Waals surface area contributed by atoms with Crippen molar-refractivity contribution >= 4 is 23.5 Å². The van der Waals surface area contributed by atoms with Crippen LogP contribution < -0.4 is 16.0 Å². The Morgan fingerprint density at radius 1 is 1.12 bits per heavy atom. The molecule has 0 aliphatic rings. The number of ether oxygens (including phenoxy) is 1. The van der Waals surface area contributed by atoms with E-state index in [1.807, 2.05) is 0 Å². The van der Waals surface area contributed by atoms with Gasteiger partial charge in [-0.25, -0.2) is 4.79 Å². The van der Waals surface area contributed by atoms with Crippen LogP contribution in [-0.2, 0) is 4.74 Å². The van der Waals surface area contributed by atoms with Gasteiger partial charge in [0.1, 0.15) is 5.82 Å². The molecule has 0 atom stereocenters. The van der Waals surface area contributed by atoms with Gasteiger partial charge in [0.25, 0.3) is 5.91 Å². The van der Waals surface area contributed by atoms with E-state index in [1.165, 1.54) is 0 Å². The van der Waals surface area contributed by atoms with Gasteiger partial charge in [-0.05, 0) is 43.3 Å². The lowest BCUT2D eigenvalue weighted by Crippen LogP contribution is -2.28. The Morgan fingerprint density at radius 3 is 2.58 bits per heavy atom. The van der Waals surface area contributed by atoms with E-state index in [2.05, 4.69) is 26.1 Å². The number of amides is 2. The van der Waals surface area contributed by atoms with Crippen LogP contribution >= 0.6 is 0 Å². The summed E-state index contributed by atoms with van der Waals surface area (Å²) >= 11 is 0. The van der Waals surface area contributed by atoms with Crippen LogP contribution in [-0.4, -0.2) is 41.9 Å². The molecule has 0 saturated heterocycles. The first-order chi connectivity index (χ1) is 11.7. The van der Waals surface area contributed by atoms with E-state index in [0.717, 1.165) is 0 Å². The van der Waals surface area contributed by atoms with Crippen LogP contribution in [0.3, 0.4) is 0 Å². The number of carbonyl (C=O) groups is 2. The highest BCUT2D eigenvalue weighted by Crippen LogP contribution is 2.10. The summed E-state index contributed by atoms with van der Waals surface area (Å²) in [6, 6.07) is 10.1. The minimum atomic E-state index is -0.523. The van der Waals surface area contributed by atoms with Gasteiger partial charge < -0.3 is 15.4 Å². The van der Waals surface area contributed by atoms with E-state index in [4.69, 9.17) is 4.74 Å². The Bertz CT molecular complexity index is 661.